The Hall–Kier alpha value is -3.45. The van der Waals surface area contributed by atoms with E-state index < -0.39 is 0 Å². The molecule has 0 radical (unpaired) electrons. The normalized spacial score (nSPS) is 10.2. The van der Waals surface area contributed by atoms with Crippen LogP contribution >= 0.6 is 11.3 Å². The summed E-state index contributed by atoms with van der Waals surface area (Å²) in [4.78, 5) is 36.9. The van der Waals surface area contributed by atoms with Crippen LogP contribution in [0.2, 0.25) is 0 Å². The van der Waals surface area contributed by atoms with Crippen molar-refractivity contribution >= 4 is 34.7 Å². The lowest BCUT2D eigenvalue weighted by molar-refractivity contribution is 0.0929. The van der Waals surface area contributed by atoms with Gasteiger partial charge in [-0.25, -0.2) is 0 Å². The standard InChI is InChI=1S/C22H21N3O3S/c1-15-4-2-5-17(14-15)21(27)25-18-9-7-16(8-10-18)20(26)23-11-12-24-22(28)19-6-3-13-29-19/h2-10,13-14H,11-12H2,1H3,(H,23,26)(H,24,28)(H,25,27). The van der Waals surface area contributed by atoms with E-state index in [9.17, 15) is 14.4 Å². The number of anilines is 1. The zero-order chi connectivity index (χ0) is 20.6. The molecule has 1 heterocycles. The molecule has 0 unspecified atom stereocenters. The predicted octanol–water partition coefficient (Wildman–Crippen LogP) is 3.47. The molecule has 7 heteroatoms. The van der Waals surface area contributed by atoms with Crippen LogP contribution in [0.5, 0.6) is 0 Å². The van der Waals surface area contributed by atoms with Crippen molar-refractivity contribution in [2.45, 2.75) is 6.92 Å². The van der Waals surface area contributed by atoms with Gasteiger partial charge >= 0.3 is 0 Å². The minimum absolute atomic E-state index is 0.150. The fourth-order valence-corrected chi connectivity index (χ4v) is 3.28. The van der Waals surface area contributed by atoms with Crippen molar-refractivity contribution in [3.05, 3.63) is 87.6 Å². The molecule has 0 atom stereocenters. The Morgan fingerprint density at radius 1 is 0.793 bits per heavy atom. The number of carbonyl (C=O) groups is 3. The van der Waals surface area contributed by atoms with Crippen LogP contribution in [0.1, 0.15) is 36.0 Å². The Morgan fingerprint density at radius 3 is 2.17 bits per heavy atom. The van der Waals surface area contributed by atoms with E-state index in [1.807, 2.05) is 36.6 Å². The highest BCUT2D eigenvalue weighted by Crippen LogP contribution is 2.12. The van der Waals surface area contributed by atoms with Gasteiger partial charge in [0.15, 0.2) is 0 Å². The molecule has 3 amide bonds. The third-order valence-electron chi connectivity index (χ3n) is 4.13. The molecule has 148 valence electrons. The van der Waals surface area contributed by atoms with E-state index in [4.69, 9.17) is 0 Å². The first-order chi connectivity index (χ1) is 14.0. The van der Waals surface area contributed by atoms with E-state index in [1.54, 1.807) is 36.4 Å². The van der Waals surface area contributed by atoms with E-state index in [0.29, 0.717) is 34.8 Å². The maximum atomic E-state index is 12.3. The summed E-state index contributed by atoms with van der Waals surface area (Å²) < 4.78 is 0. The average Bonchev–Trinajstić information content (AvgIpc) is 3.26. The lowest BCUT2D eigenvalue weighted by Gasteiger charge is -2.08. The highest BCUT2D eigenvalue weighted by atomic mass is 32.1. The van der Waals surface area contributed by atoms with Crippen LogP contribution < -0.4 is 16.0 Å². The number of benzene rings is 2. The molecule has 1 aromatic heterocycles. The van der Waals surface area contributed by atoms with Gasteiger partial charge in [-0.15, -0.1) is 11.3 Å². The molecular weight excluding hydrogens is 386 g/mol. The first-order valence-corrected chi connectivity index (χ1v) is 9.99. The third kappa shape index (κ3) is 5.76. The van der Waals surface area contributed by atoms with Crippen molar-refractivity contribution in [3.63, 3.8) is 0 Å². The van der Waals surface area contributed by atoms with Crippen molar-refractivity contribution in [1.82, 2.24) is 10.6 Å². The van der Waals surface area contributed by atoms with Crippen LogP contribution in [0.4, 0.5) is 5.69 Å². The zero-order valence-electron chi connectivity index (χ0n) is 15.9. The van der Waals surface area contributed by atoms with E-state index in [0.717, 1.165) is 5.56 Å². The molecule has 0 aliphatic carbocycles. The number of rotatable bonds is 7. The average molecular weight is 407 g/mol. The molecular formula is C22H21N3O3S. The van der Waals surface area contributed by atoms with Gasteiger partial charge in [0.2, 0.25) is 0 Å². The molecule has 2 aromatic carbocycles. The highest BCUT2D eigenvalue weighted by Gasteiger charge is 2.09. The number of hydrogen-bond acceptors (Lipinski definition) is 4. The van der Waals surface area contributed by atoms with E-state index in [-0.39, 0.29) is 17.7 Å². The first-order valence-electron chi connectivity index (χ1n) is 9.11. The van der Waals surface area contributed by atoms with Crippen molar-refractivity contribution in [3.8, 4) is 0 Å². The molecule has 3 rings (SSSR count). The Kier molecular flexibility index (Phi) is 6.76. The number of hydrogen-bond donors (Lipinski definition) is 3. The second kappa shape index (κ2) is 9.66. The van der Waals surface area contributed by atoms with Crippen molar-refractivity contribution in [2.75, 3.05) is 18.4 Å². The summed E-state index contributed by atoms with van der Waals surface area (Å²) in [6.07, 6.45) is 0. The third-order valence-corrected chi connectivity index (χ3v) is 4.99. The Bertz CT molecular complexity index is 998. The Balaban J connectivity index is 1.46. The molecule has 0 spiro atoms. The molecule has 0 bridgehead atoms. The topological polar surface area (TPSA) is 87.3 Å². The van der Waals surface area contributed by atoms with Gasteiger partial charge in [-0.2, -0.15) is 0 Å². The van der Waals surface area contributed by atoms with Crippen molar-refractivity contribution in [1.29, 1.82) is 0 Å². The van der Waals surface area contributed by atoms with Gasteiger partial charge in [0.1, 0.15) is 0 Å². The minimum atomic E-state index is -0.244. The van der Waals surface area contributed by atoms with Crippen LogP contribution in [0.25, 0.3) is 0 Å². The van der Waals surface area contributed by atoms with E-state index in [1.165, 1.54) is 11.3 Å². The molecule has 6 nitrogen and oxygen atoms in total. The Morgan fingerprint density at radius 2 is 1.52 bits per heavy atom. The lowest BCUT2D eigenvalue weighted by Crippen LogP contribution is -2.34. The second-order valence-electron chi connectivity index (χ2n) is 6.39. The van der Waals surface area contributed by atoms with E-state index in [2.05, 4.69) is 16.0 Å². The van der Waals surface area contributed by atoms with Gasteiger partial charge in [-0.1, -0.05) is 23.8 Å². The minimum Gasteiger partial charge on any atom is -0.350 e. The number of carbonyl (C=O) groups excluding carboxylic acids is 3. The van der Waals surface area contributed by atoms with Crippen LogP contribution in [-0.4, -0.2) is 30.8 Å². The SMILES string of the molecule is Cc1cccc(C(=O)Nc2ccc(C(=O)NCCNC(=O)c3cccs3)cc2)c1. The molecule has 0 aliphatic heterocycles. The van der Waals surface area contributed by atoms with Crippen molar-refractivity contribution < 1.29 is 14.4 Å². The molecule has 0 saturated heterocycles. The molecule has 3 N–H and O–H groups in total. The van der Waals surface area contributed by atoms with Gasteiger partial charge in [-0.05, 0) is 54.8 Å². The summed E-state index contributed by atoms with van der Waals surface area (Å²) in [5.41, 5.74) is 2.67. The fraction of sp³-hybridized carbons (Fsp3) is 0.136. The van der Waals surface area contributed by atoms with E-state index >= 15 is 0 Å². The summed E-state index contributed by atoms with van der Waals surface area (Å²) in [6, 6.07) is 17.5. The van der Waals surface area contributed by atoms with Gasteiger partial charge in [-0.3, -0.25) is 14.4 Å². The first kappa shape index (κ1) is 20.3. The summed E-state index contributed by atoms with van der Waals surface area (Å²) in [5, 5.41) is 10.2. The zero-order valence-corrected chi connectivity index (χ0v) is 16.7. The molecule has 0 fully saturated rings. The highest BCUT2D eigenvalue weighted by molar-refractivity contribution is 7.12. The number of nitrogens with one attached hydrogen (secondary N) is 3. The van der Waals surface area contributed by atoms with Crippen molar-refractivity contribution in [2.24, 2.45) is 0 Å². The summed E-state index contributed by atoms with van der Waals surface area (Å²) in [6.45, 7) is 2.59. The predicted molar refractivity (Wildman–Crippen MR) is 115 cm³/mol. The monoisotopic (exact) mass is 407 g/mol. The molecule has 0 saturated carbocycles. The Labute approximate surface area is 173 Å². The summed E-state index contributed by atoms with van der Waals surface area (Å²) in [7, 11) is 0. The largest absolute Gasteiger partial charge is 0.350 e. The van der Waals surface area contributed by atoms with Gasteiger partial charge < -0.3 is 16.0 Å². The van der Waals surface area contributed by atoms with Crippen LogP contribution in [0, 0.1) is 6.92 Å². The summed E-state index contributed by atoms with van der Waals surface area (Å²) in [5.74, 6) is -0.595. The lowest BCUT2D eigenvalue weighted by atomic mass is 10.1. The second-order valence-corrected chi connectivity index (χ2v) is 7.34. The van der Waals surface area contributed by atoms with Crippen LogP contribution in [-0.2, 0) is 0 Å². The summed E-state index contributed by atoms with van der Waals surface area (Å²) >= 11 is 1.37. The number of aryl methyl sites for hydroxylation is 1. The quantitative estimate of drug-likeness (QED) is 0.524. The maximum Gasteiger partial charge on any atom is 0.261 e. The molecule has 29 heavy (non-hydrogen) atoms. The maximum absolute atomic E-state index is 12.3. The van der Waals surface area contributed by atoms with Gasteiger partial charge in [0, 0.05) is 29.9 Å². The van der Waals surface area contributed by atoms with Crippen LogP contribution in [0.15, 0.2) is 66.0 Å². The fourth-order valence-electron chi connectivity index (χ4n) is 2.64. The van der Waals surface area contributed by atoms with Gasteiger partial charge in [0.05, 0.1) is 4.88 Å². The molecule has 3 aromatic rings. The van der Waals surface area contributed by atoms with Crippen LogP contribution in [0.3, 0.4) is 0 Å². The smallest absolute Gasteiger partial charge is 0.261 e. The molecule has 0 aliphatic rings. The van der Waals surface area contributed by atoms with Gasteiger partial charge in [0.25, 0.3) is 17.7 Å². The number of amides is 3. The number of thiophene rings is 1.